The van der Waals surface area contributed by atoms with Crippen LogP contribution in [0.15, 0.2) is 41.0 Å². The Hall–Kier alpha value is -3.60. The van der Waals surface area contributed by atoms with E-state index in [9.17, 15) is 4.79 Å². The van der Waals surface area contributed by atoms with Gasteiger partial charge in [-0.3, -0.25) is 0 Å². The zero-order chi connectivity index (χ0) is 15.4. The van der Waals surface area contributed by atoms with Gasteiger partial charge in [0, 0.05) is 5.56 Å². The highest BCUT2D eigenvalue weighted by molar-refractivity contribution is 5.87. The largest absolute Gasteiger partial charge is 0.476 e. The minimum atomic E-state index is -1.24. The Morgan fingerprint density at radius 1 is 1.27 bits per heavy atom. The van der Waals surface area contributed by atoms with E-state index in [1.165, 1.54) is 6.26 Å². The van der Waals surface area contributed by atoms with Crippen molar-refractivity contribution >= 4 is 5.97 Å². The molecule has 0 aliphatic carbocycles. The second-order valence-corrected chi connectivity index (χ2v) is 4.01. The number of nitrogens with one attached hydrogen (secondary N) is 1. The second kappa shape index (κ2) is 5.80. The van der Waals surface area contributed by atoms with Gasteiger partial charge in [-0.2, -0.15) is 4.98 Å². The molecular formula is C14H8N4O4. The highest BCUT2D eigenvalue weighted by Crippen LogP contribution is 2.20. The molecule has 0 amide bonds. The molecule has 0 aliphatic heterocycles. The number of aromatic amines is 1. The zero-order valence-corrected chi connectivity index (χ0v) is 11.0. The molecule has 8 nitrogen and oxygen atoms in total. The number of aromatic nitrogens is 4. The van der Waals surface area contributed by atoms with E-state index in [4.69, 9.17) is 14.3 Å². The average Bonchev–Trinajstić information content (AvgIpc) is 3.16. The molecule has 0 atom stereocenters. The molecule has 108 valence electrons. The van der Waals surface area contributed by atoms with Gasteiger partial charge in [0.15, 0.2) is 6.26 Å². The summed E-state index contributed by atoms with van der Waals surface area (Å²) in [7, 11) is 0. The number of ether oxygens (including phenoxy) is 1. The summed E-state index contributed by atoms with van der Waals surface area (Å²) in [5.74, 6) is 4.33. The van der Waals surface area contributed by atoms with Gasteiger partial charge in [-0.1, -0.05) is 34.4 Å². The van der Waals surface area contributed by atoms with Gasteiger partial charge in [0.25, 0.3) is 17.7 Å². The third-order valence-corrected chi connectivity index (χ3v) is 2.50. The number of oxazole rings is 1. The van der Waals surface area contributed by atoms with Crippen LogP contribution in [0.4, 0.5) is 0 Å². The Balaban J connectivity index is 1.76. The van der Waals surface area contributed by atoms with Crippen LogP contribution in [0.5, 0.6) is 11.8 Å². The number of nitrogens with zero attached hydrogens (tertiary/aromatic N) is 3. The van der Waals surface area contributed by atoms with Gasteiger partial charge in [0.1, 0.15) is 0 Å². The van der Waals surface area contributed by atoms with Gasteiger partial charge in [-0.25, -0.2) is 9.89 Å². The molecular weight excluding hydrogens is 288 g/mol. The van der Waals surface area contributed by atoms with Crippen molar-refractivity contribution in [3.05, 3.63) is 53.7 Å². The topological polar surface area (TPSA) is 114 Å². The van der Waals surface area contributed by atoms with Crippen molar-refractivity contribution in [2.24, 2.45) is 0 Å². The molecule has 0 bridgehead atoms. The van der Waals surface area contributed by atoms with E-state index in [1.807, 2.05) is 30.3 Å². The smallest absolute Gasteiger partial charge is 0.359 e. The van der Waals surface area contributed by atoms with E-state index < -0.39 is 5.97 Å². The van der Waals surface area contributed by atoms with Crippen LogP contribution in [0.1, 0.15) is 21.9 Å². The lowest BCUT2D eigenvalue weighted by Crippen LogP contribution is -1.99. The number of carboxylic acids is 1. The van der Waals surface area contributed by atoms with Crippen molar-refractivity contribution < 1.29 is 19.1 Å². The monoisotopic (exact) mass is 296 g/mol. The van der Waals surface area contributed by atoms with Crippen LogP contribution in [-0.2, 0) is 0 Å². The van der Waals surface area contributed by atoms with Crippen molar-refractivity contribution in [1.29, 1.82) is 0 Å². The summed E-state index contributed by atoms with van der Waals surface area (Å²) in [4.78, 5) is 14.8. The first-order valence-corrected chi connectivity index (χ1v) is 6.07. The van der Waals surface area contributed by atoms with Crippen molar-refractivity contribution in [3.8, 4) is 23.6 Å². The van der Waals surface area contributed by atoms with Gasteiger partial charge in [-0.05, 0) is 18.1 Å². The maximum atomic E-state index is 10.9. The van der Waals surface area contributed by atoms with Crippen molar-refractivity contribution in [3.63, 3.8) is 0 Å². The van der Waals surface area contributed by atoms with E-state index in [0.717, 1.165) is 5.56 Å². The molecule has 0 aliphatic rings. The van der Waals surface area contributed by atoms with Crippen LogP contribution in [0, 0.1) is 11.8 Å². The van der Waals surface area contributed by atoms with Crippen molar-refractivity contribution in [2.45, 2.75) is 0 Å². The summed E-state index contributed by atoms with van der Waals surface area (Å²) < 4.78 is 10.3. The van der Waals surface area contributed by atoms with E-state index in [-0.39, 0.29) is 23.3 Å². The molecule has 0 radical (unpaired) electrons. The summed E-state index contributed by atoms with van der Waals surface area (Å²) in [5, 5.41) is 18.0. The highest BCUT2D eigenvalue weighted by Gasteiger charge is 2.17. The second-order valence-electron chi connectivity index (χ2n) is 4.01. The first-order chi connectivity index (χ1) is 10.7. The fourth-order valence-electron chi connectivity index (χ4n) is 1.54. The number of rotatable bonds is 3. The van der Waals surface area contributed by atoms with Crippen molar-refractivity contribution in [2.75, 3.05) is 0 Å². The predicted molar refractivity (Wildman–Crippen MR) is 72.3 cm³/mol. The summed E-state index contributed by atoms with van der Waals surface area (Å²) in [5.41, 5.74) is 0.535. The number of benzene rings is 1. The fraction of sp³-hybridized carbons (Fsp3) is 0. The average molecular weight is 296 g/mol. The number of hydrogen-bond donors (Lipinski definition) is 2. The highest BCUT2D eigenvalue weighted by atomic mass is 16.5. The number of aromatic carboxylic acids is 1. The van der Waals surface area contributed by atoms with Gasteiger partial charge in [-0.15, -0.1) is 0 Å². The van der Waals surface area contributed by atoms with Crippen LogP contribution in [0.25, 0.3) is 0 Å². The lowest BCUT2D eigenvalue weighted by atomic mass is 10.2. The molecule has 0 saturated heterocycles. The van der Waals surface area contributed by atoms with Gasteiger partial charge in [0.05, 0.1) is 0 Å². The Labute approximate surface area is 123 Å². The Morgan fingerprint density at radius 2 is 2.09 bits per heavy atom. The minimum Gasteiger partial charge on any atom is -0.476 e. The maximum Gasteiger partial charge on any atom is 0.359 e. The molecule has 8 heteroatoms. The van der Waals surface area contributed by atoms with E-state index in [0.29, 0.717) is 0 Å². The molecule has 1 aromatic carbocycles. The number of hydrogen-bond acceptors (Lipinski definition) is 6. The normalized spacial score (nSPS) is 9.82. The lowest BCUT2D eigenvalue weighted by Gasteiger charge is -1.95. The molecule has 0 saturated carbocycles. The van der Waals surface area contributed by atoms with Gasteiger partial charge < -0.3 is 14.3 Å². The zero-order valence-electron chi connectivity index (χ0n) is 11.0. The quantitative estimate of drug-likeness (QED) is 0.706. The van der Waals surface area contributed by atoms with Crippen molar-refractivity contribution in [1.82, 2.24) is 20.4 Å². The van der Waals surface area contributed by atoms with Crippen LogP contribution >= 0.6 is 0 Å². The van der Waals surface area contributed by atoms with Crippen LogP contribution in [0.2, 0.25) is 0 Å². The van der Waals surface area contributed by atoms with E-state index >= 15 is 0 Å². The standard InChI is InChI=1S/C14H8N4O4/c19-14(20)12-13(17-18-16-12)22-11-8-21-10(15-11)7-6-9-4-2-1-3-5-9/h1-5,8H,(H,19,20)(H,16,17,18). The van der Waals surface area contributed by atoms with Gasteiger partial charge in [0.2, 0.25) is 5.69 Å². The minimum absolute atomic E-state index is 0.0359. The molecule has 22 heavy (non-hydrogen) atoms. The lowest BCUT2D eigenvalue weighted by molar-refractivity contribution is 0.0687. The van der Waals surface area contributed by atoms with E-state index in [1.54, 1.807) is 0 Å². The first-order valence-electron chi connectivity index (χ1n) is 6.07. The summed E-state index contributed by atoms with van der Waals surface area (Å²) in [6.07, 6.45) is 1.20. The SMILES string of the molecule is O=C(O)c1[nH]nnc1Oc1coc(C#Cc2ccccc2)n1. The maximum absolute atomic E-state index is 10.9. The van der Waals surface area contributed by atoms with Crippen LogP contribution < -0.4 is 4.74 Å². The molecule has 0 spiro atoms. The van der Waals surface area contributed by atoms with Crippen LogP contribution in [0.3, 0.4) is 0 Å². The molecule has 3 rings (SSSR count). The Bertz CT molecular complexity index is 858. The number of carboxylic acid groups (broad SMARTS) is 1. The molecule has 0 fully saturated rings. The number of carbonyl (C=O) groups is 1. The fourth-order valence-corrected chi connectivity index (χ4v) is 1.54. The Morgan fingerprint density at radius 3 is 2.86 bits per heavy atom. The third kappa shape index (κ3) is 2.94. The molecule has 3 aromatic rings. The number of H-pyrrole nitrogens is 1. The summed E-state index contributed by atoms with van der Waals surface area (Å²) in [6, 6.07) is 9.32. The third-order valence-electron chi connectivity index (χ3n) is 2.50. The molecule has 2 heterocycles. The van der Waals surface area contributed by atoms with Gasteiger partial charge >= 0.3 is 5.97 Å². The molecule has 0 unspecified atom stereocenters. The van der Waals surface area contributed by atoms with E-state index in [2.05, 4.69) is 32.2 Å². The summed E-state index contributed by atoms with van der Waals surface area (Å²) >= 11 is 0. The molecule has 2 aromatic heterocycles. The summed E-state index contributed by atoms with van der Waals surface area (Å²) in [6.45, 7) is 0. The predicted octanol–water partition coefficient (Wildman–Crippen LogP) is 1.68. The Kier molecular flexibility index (Phi) is 3.53. The molecule has 2 N–H and O–H groups in total. The first kappa shape index (κ1) is 13.4. The van der Waals surface area contributed by atoms with Crippen LogP contribution in [-0.4, -0.2) is 31.5 Å².